The van der Waals surface area contributed by atoms with Gasteiger partial charge in [0.2, 0.25) is 0 Å². The van der Waals surface area contributed by atoms with Gasteiger partial charge < -0.3 is 10.5 Å². The maximum atomic E-state index is 11.1. The molecule has 0 saturated heterocycles. The molecule has 0 unspecified atom stereocenters. The molecule has 96 valence electrons. The van der Waals surface area contributed by atoms with Crippen LogP contribution in [0.15, 0.2) is 18.2 Å². The van der Waals surface area contributed by atoms with Gasteiger partial charge in [0.15, 0.2) is 0 Å². The Bertz CT molecular complexity index is 509. The molecule has 0 heterocycles. The van der Waals surface area contributed by atoms with Gasteiger partial charge in [-0.3, -0.25) is 10.1 Å². The van der Waals surface area contributed by atoms with Crippen molar-refractivity contribution < 1.29 is 14.5 Å². The molecule has 0 bridgehead atoms. The molecule has 0 fully saturated rings. The van der Waals surface area contributed by atoms with Crippen molar-refractivity contribution in [3.63, 3.8) is 0 Å². The molecule has 1 aromatic rings. The van der Waals surface area contributed by atoms with Crippen LogP contribution in [-0.4, -0.2) is 17.5 Å². The molecule has 1 aromatic carbocycles. The number of nitrogens with zero attached hydrogens (tertiary/aromatic N) is 1. The Balaban J connectivity index is 3.08. The quantitative estimate of drug-likeness (QED) is 0.290. The van der Waals surface area contributed by atoms with Crippen LogP contribution in [0.25, 0.3) is 6.08 Å². The summed E-state index contributed by atoms with van der Waals surface area (Å²) >= 11 is 0. The number of hydrogen-bond donors (Lipinski definition) is 1. The summed E-state index contributed by atoms with van der Waals surface area (Å²) in [6, 6.07) is 2.70. The van der Waals surface area contributed by atoms with E-state index in [4.69, 9.17) is 10.5 Å². The molecule has 18 heavy (non-hydrogen) atoms. The van der Waals surface area contributed by atoms with Gasteiger partial charge in [0.05, 0.1) is 11.5 Å². The van der Waals surface area contributed by atoms with Crippen LogP contribution >= 0.6 is 0 Å². The zero-order chi connectivity index (χ0) is 13.7. The second-order valence-corrected chi connectivity index (χ2v) is 3.61. The lowest BCUT2D eigenvalue weighted by molar-refractivity contribution is -0.384. The van der Waals surface area contributed by atoms with Gasteiger partial charge in [0, 0.05) is 29.5 Å². The van der Waals surface area contributed by atoms with Gasteiger partial charge in [-0.2, -0.15) is 0 Å². The fraction of sp³-hybridized carbons (Fsp3) is 0.250. The van der Waals surface area contributed by atoms with E-state index >= 15 is 0 Å². The number of carbonyl (C=O) groups excluding carboxylic acids is 1. The number of aryl methyl sites for hydroxylation is 1. The number of carbonyl (C=O) groups is 1. The summed E-state index contributed by atoms with van der Waals surface area (Å²) < 4.78 is 4.71. The van der Waals surface area contributed by atoms with E-state index in [1.165, 1.54) is 24.3 Å². The van der Waals surface area contributed by atoms with Crippen molar-refractivity contribution in [3.05, 3.63) is 39.4 Å². The van der Waals surface area contributed by atoms with Crippen LogP contribution in [0.1, 0.15) is 18.1 Å². The number of benzene rings is 1. The largest absolute Gasteiger partial charge is 0.463 e. The molecule has 6 heteroatoms. The number of esters is 1. The van der Waals surface area contributed by atoms with Crippen LogP contribution < -0.4 is 5.73 Å². The number of anilines is 1. The van der Waals surface area contributed by atoms with Gasteiger partial charge in [-0.15, -0.1) is 0 Å². The standard InChI is InChI=1S/C12H14N2O4/c1-3-18-11(15)5-4-9-7-10(14(16)17)6-8(2)12(9)13/h4-7H,3,13H2,1-2H3. The van der Waals surface area contributed by atoms with Gasteiger partial charge in [-0.25, -0.2) is 4.79 Å². The van der Waals surface area contributed by atoms with Crippen molar-refractivity contribution in [2.24, 2.45) is 0 Å². The predicted molar refractivity (Wildman–Crippen MR) is 67.9 cm³/mol. The van der Waals surface area contributed by atoms with Crippen LogP contribution in [0, 0.1) is 17.0 Å². The first-order valence-corrected chi connectivity index (χ1v) is 5.35. The number of ether oxygens (including phenoxy) is 1. The molecule has 0 aliphatic carbocycles. The third-order valence-electron chi connectivity index (χ3n) is 2.30. The number of hydrogen-bond acceptors (Lipinski definition) is 5. The van der Waals surface area contributed by atoms with Crippen LogP contribution in [0.5, 0.6) is 0 Å². The highest BCUT2D eigenvalue weighted by Crippen LogP contribution is 2.25. The average molecular weight is 250 g/mol. The van der Waals surface area contributed by atoms with Crippen LogP contribution in [-0.2, 0) is 9.53 Å². The maximum absolute atomic E-state index is 11.1. The molecule has 0 atom stereocenters. The highest BCUT2D eigenvalue weighted by molar-refractivity contribution is 5.88. The Morgan fingerprint density at radius 1 is 1.56 bits per heavy atom. The number of non-ortho nitro benzene ring substituents is 1. The van der Waals surface area contributed by atoms with Gasteiger partial charge in [-0.05, 0) is 25.5 Å². The van der Waals surface area contributed by atoms with Crippen molar-refractivity contribution in [2.75, 3.05) is 12.3 Å². The van der Waals surface area contributed by atoms with Crippen molar-refractivity contribution >= 4 is 23.4 Å². The van der Waals surface area contributed by atoms with Crippen molar-refractivity contribution in [1.82, 2.24) is 0 Å². The zero-order valence-corrected chi connectivity index (χ0v) is 10.2. The van der Waals surface area contributed by atoms with Gasteiger partial charge in [0.25, 0.3) is 5.69 Å². The highest BCUT2D eigenvalue weighted by atomic mass is 16.6. The van der Waals surface area contributed by atoms with E-state index in [-0.39, 0.29) is 12.3 Å². The Labute approximate surface area is 104 Å². The van der Waals surface area contributed by atoms with Gasteiger partial charge in [-0.1, -0.05) is 0 Å². The number of rotatable bonds is 4. The van der Waals surface area contributed by atoms with Crippen LogP contribution in [0.3, 0.4) is 0 Å². The number of nitro groups is 1. The topological polar surface area (TPSA) is 95.5 Å². The third kappa shape index (κ3) is 3.31. The highest BCUT2D eigenvalue weighted by Gasteiger charge is 2.11. The lowest BCUT2D eigenvalue weighted by Crippen LogP contribution is -2.00. The minimum atomic E-state index is -0.513. The first-order chi connectivity index (χ1) is 8.45. The van der Waals surface area contributed by atoms with E-state index in [0.717, 1.165) is 0 Å². The summed E-state index contributed by atoms with van der Waals surface area (Å²) in [4.78, 5) is 21.3. The molecule has 2 N–H and O–H groups in total. The fourth-order valence-electron chi connectivity index (χ4n) is 1.40. The molecule has 0 spiro atoms. The Morgan fingerprint density at radius 2 is 2.22 bits per heavy atom. The molecule has 0 radical (unpaired) electrons. The lowest BCUT2D eigenvalue weighted by atomic mass is 10.1. The van der Waals surface area contributed by atoms with Crippen LogP contribution in [0.4, 0.5) is 11.4 Å². The maximum Gasteiger partial charge on any atom is 0.330 e. The smallest absolute Gasteiger partial charge is 0.330 e. The van der Waals surface area contributed by atoms with Gasteiger partial charge in [0.1, 0.15) is 0 Å². The second-order valence-electron chi connectivity index (χ2n) is 3.61. The summed E-state index contributed by atoms with van der Waals surface area (Å²) in [6.45, 7) is 3.63. The van der Waals surface area contributed by atoms with E-state index in [1.54, 1.807) is 13.8 Å². The van der Waals surface area contributed by atoms with Crippen LogP contribution in [0.2, 0.25) is 0 Å². The first-order valence-electron chi connectivity index (χ1n) is 5.35. The summed E-state index contributed by atoms with van der Waals surface area (Å²) in [5.41, 5.74) is 7.14. The Hall–Kier alpha value is -2.37. The zero-order valence-electron chi connectivity index (χ0n) is 10.2. The summed E-state index contributed by atoms with van der Waals surface area (Å²) in [6.07, 6.45) is 2.60. The predicted octanol–water partition coefficient (Wildman–Crippen LogP) is 2.06. The van der Waals surface area contributed by atoms with Crippen molar-refractivity contribution in [3.8, 4) is 0 Å². The monoisotopic (exact) mass is 250 g/mol. The third-order valence-corrected chi connectivity index (χ3v) is 2.30. The van der Waals surface area contributed by atoms with Crippen molar-refractivity contribution in [1.29, 1.82) is 0 Å². The lowest BCUT2D eigenvalue weighted by Gasteiger charge is -2.04. The Morgan fingerprint density at radius 3 is 2.78 bits per heavy atom. The van der Waals surface area contributed by atoms with E-state index in [0.29, 0.717) is 16.8 Å². The second kappa shape index (κ2) is 5.81. The van der Waals surface area contributed by atoms with Gasteiger partial charge >= 0.3 is 5.97 Å². The number of nitrogens with two attached hydrogens (primary N) is 1. The molecule has 1 rings (SSSR count). The summed E-state index contributed by atoms with van der Waals surface area (Å²) in [5.74, 6) is -0.513. The molecule has 0 aliphatic rings. The average Bonchev–Trinajstić information content (AvgIpc) is 2.31. The first kappa shape index (κ1) is 13.7. The molecule has 0 saturated carbocycles. The van der Waals surface area contributed by atoms with E-state index in [1.807, 2.05) is 0 Å². The SMILES string of the molecule is CCOC(=O)C=Cc1cc([N+](=O)[O-])cc(C)c1N. The molecule has 6 nitrogen and oxygen atoms in total. The Kier molecular flexibility index (Phi) is 4.42. The van der Waals surface area contributed by atoms with E-state index < -0.39 is 10.9 Å². The van der Waals surface area contributed by atoms with Crippen molar-refractivity contribution in [2.45, 2.75) is 13.8 Å². The van der Waals surface area contributed by atoms with E-state index in [2.05, 4.69) is 0 Å². The minimum absolute atomic E-state index is 0.0646. The fourth-order valence-corrected chi connectivity index (χ4v) is 1.40. The summed E-state index contributed by atoms with van der Waals surface area (Å²) in [5, 5.41) is 10.7. The molecule has 0 aliphatic heterocycles. The normalized spacial score (nSPS) is 10.6. The number of nitro benzene ring substituents is 1. The molecule has 0 amide bonds. The molecular formula is C12H14N2O4. The summed E-state index contributed by atoms with van der Waals surface area (Å²) in [7, 11) is 0. The number of nitrogen functional groups attached to an aromatic ring is 1. The molecule has 0 aromatic heterocycles. The van der Waals surface area contributed by atoms with E-state index in [9.17, 15) is 14.9 Å². The molecular weight excluding hydrogens is 236 g/mol. The minimum Gasteiger partial charge on any atom is -0.463 e.